The molecule has 7 nitrogen and oxygen atoms in total. The fraction of sp³-hybridized carbons (Fsp3) is 0.524. The smallest absolute Gasteiger partial charge is 0.272 e. The van der Waals surface area contributed by atoms with Gasteiger partial charge in [0.25, 0.3) is 5.91 Å². The maximum absolute atomic E-state index is 13.1. The number of amides is 1. The van der Waals surface area contributed by atoms with E-state index in [2.05, 4.69) is 4.98 Å². The van der Waals surface area contributed by atoms with Crippen molar-refractivity contribution >= 4 is 26.7 Å². The van der Waals surface area contributed by atoms with Gasteiger partial charge in [0.05, 0.1) is 12.4 Å². The average Bonchev–Trinajstić information content (AvgIpc) is 2.75. The van der Waals surface area contributed by atoms with Gasteiger partial charge in [0.15, 0.2) is 0 Å². The first-order valence-electron chi connectivity index (χ1n) is 10.2. The number of hydrogen-bond acceptors (Lipinski definition) is 5. The predicted molar refractivity (Wildman–Crippen MR) is 113 cm³/mol. The number of fused-ring (bicyclic) bond motifs is 1. The maximum Gasteiger partial charge on any atom is 0.272 e. The first-order chi connectivity index (χ1) is 14.0. The Morgan fingerprint density at radius 2 is 1.93 bits per heavy atom. The number of benzene rings is 1. The van der Waals surface area contributed by atoms with Crippen LogP contribution in [0.4, 0.5) is 0 Å². The van der Waals surface area contributed by atoms with Gasteiger partial charge in [-0.2, -0.15) is 0 Å². The van der Waals surface area contributed by atoms with E-state index in [1.54, 1.807) is 17.2 Å². The van der Waals surface area contributed by atoms with Crippen LogP contribution in [0, 0.1) is 0 Å². The number of aliphatic hydroxyl groups excluding tert-OH is 1. The van der Waals surface area contributed by atoms with Crippen molar-refractivity contribution < 1.29 is 18.3 Å². The van der Waals surface area contributed by atoms with Crippen molar-refractivity contribution in [1.82, 2.24) is 14.2 Å². The summed E-state index contributed by atoms with van der Waals surface area (Å²) in [5.41, 5.74) is 0.343. The molecule has 1 aliphatic heterocycles. The van der Waals surface area contributed by atoms with E-state index >= 15 is 0 Å². The summed E-state index contributed by atoms with van der Waals surface area (Å²) < 4.78 is 26.4. The van der Waals surface area contributed by atoms with E-state index in [-0.39, 0.29) is 30.9 Å². The zero-order valence-corrected chi connectivity index (χ0v) is 17.6. The normalized spacial score (nSPS) is 16.2. The largest absolute Gasteiger partial charge is 0.395 e. The maximum atomic E-state index is 13.1. The number of carbonyl (C=O) groups is 1. The molecule has 0 aliphatic carbocycles. The highest BCUT2D eigenvalue weighted by Gasteiger charge is 2.32. The van der Waals surface area contributed by atoms with Crippen LogP contribution < -0.4 is 0 Å². The van der Waals surface area contributed by atoms with Gasteiger partial charge in [-0.3, -0.25) is 9.78 Å². The number of sulfonamides is 1. The van der Waals surface area contributed by atoms with E-state index in [0.717, 1.165) is 17.2 Å². The Hall–Kier alpha value is -2.03. The van der Waals surface area contributed by atoms with E-state index < -0.39 is 10.0 Å². The molecule has 0 radical (unpaired) electrons. The van der Waals surface area contributed by atoms with Crippen LogP contribution in [0.2, 0.25) is 0 Å². The second-order valence-electron chi connectivity index (χ2n) is 7.44. The molecule has 1 aliphatic rings. The van der Waals surface area contributed by atoms with Gasteiger partial charge >= 0.3 is 0 Å². The van der Waals surface area contributed by atoms with Crippen molar-refractivity contribution in [2.24, 2.45) is 0 Å². The summed E-state index contributed by atoms with van der Waals surface area (Å²) in [5, 5.41) is 11.4. The van der Waals surface area contributed by atoms with Gasteiger partial charge in [0.1, 0.15) is 5.69 Å². The quantitative estimate of drug-likeness (QED) is 0.709. The Morgan fingerprint density at radius 3 is 2.59 bits per heavy atom. The monoisotopic (exact) mass is 419 g/mol. The minimum atomic E-state index is -3.24. The summed E-state index contributed by atoms with van der Waals surface area (Å²) >= 11 is 0. The highest BCUT2D eigenvalue weighted by molar-refractivity contribution is 7.89. The summed E-state index contributed by atoms with van der Waals surface area (Å²) in [6.45, 7) is 2.84. The van der Waals surface area contributed by atoms with Crippen LogP contribution in [-0.2, 0) is 10.0 Å². The van der Waals surface area contributed by atoms with Crippen molar-refractivity contribution in [3.63, 3.8) is 0 Å². The summed E-state index contributed by atoms with van der Waals surface area (Å²) in [4.78, 5) is 19.1. The first kappa shape index (κ1) is 21.7. The number of pyridine rings is 1. The molecular weight excluding hydrogens is 390 g/mol. The van der Waals surface area contributed by atoms with Crippen LogP contribution in [0.25, 0.3) is 10.8 Å². The zero-order valence-electron chi connectivity index (χ0n) is 16.8. The molecule has 0 atom stereocenters. The molecular formula is C21H29N3O4S. The lowest BCUT2D eigenvalue weighted by atomic mass is 10.0. The molecule has 3 rings (SSSR count). The van der Waals surface area contributed by atoms with E-state index in [1.807, 2.05) is 31.2 Å². The third-order valence-electron chi connectivity index (χ3n) is 5.47. The number of rotatable bonds is 8. The van der Waals surface area contributed by atoms with Gasteiger partial charge in [0, 0.05) is 37.3 Å². The molecule has 29 heavy (non-hydrogen) atoms. The minimum absolute atomic E-state index is 0.111. The number of nitrogens with zero attached hydrogens (tertiary/aromatic N) is 3. The Balaban J connectivity index is 1.72. The van der Waals surface area contributed by atoms with Crippen LogP contribution in [0.3, 0.4) is 0 Å². The van der Waals surface area contributed by atoms with Gasteiger partial charge in [-0.15, -0.1) is 0 Å². The van der Waals surface area contributed by atoms with Gasteiger partial charge in [-0.1, -0.05) is 37.6 Å². The molecule has 0 spiro atoms. The molecule has 1 aromatic carbocycles. The number of piperidine rings is 1. The molecule has 1 saturated heterocycles. The molecule has 0 saturated carbocycles. The molecule has 1 fully saturated rings. The van der Waals surface area contributed by atoms with Crippen LogP contribution >= 0.6 is 0 Å². The summed E-state index contributed by atoms with van der Waals surface area (Å²) in [6, 6.07) is 9.37. The Kier molecular flexibility index (Phi) is 7.21. The topological polar surface area (TPSA) is 90.8 Å². The number of unbranched alkanes of at least 4 members (excludes halogenated alkanes) is 1. The third-order valence-corrected chi connectivity index (χ3v) is 7.42. The van der Waals surface area contributed by atoms with Gasteiger partial charge < -0.3 is 10.0 Å². The van der Waals surface area contributed by atoms with Crippen LogP contribution in [0.15, 0.2) is 36.5 Å². The molecule has 8 heteroatoms. The third kappa shape index (κ3) is 5.12. The molecule has 0 unspecified atom stereocenters. The standard InChI is InChI=1S/C21H29N3O4S/c1-2-3-14-29(27,28)23-10-8-19(9-11-23)24(12-13-25)21(26)20-15-17-6-4-5-7-18(17)16-22-20/h4-7,15-16,19,25H,2-3,8-14H2,1H3. The Bertz CT molecular complexity index is 940. The van der Waals surface area contributed by atoms with Crippen molar-refractivity contribution in [3.8, 4) is 0 Å². The lowest BCUT2D eigenvalue weighted by molar-refractivity contribution is 0.0561. The van der Waals surface area contributed by atoms with Crippen LogP contribution in [0.5, 0.6) is 0 Å². The summed E-state index contributed by atoms with van der Waals surface area (Å²) in [7, 11) is -3.24. The van der Waals surface area contributed by atoms with Gasteiger partial charge in [0.2, 0.25) is 10.0 Å². The molecule has 1 amide bonds. The van der Waals surface area contributed by atoms with E-state index in [9.17, 15) is 18.3 Å². The Labute approximate surface area is 172 Å². The number of hydrogen-bond donors (Lipinski definition) is 1. The average molecular weight is 420 g/mol. The van der Waals surface area contributed by atoms with Crippen molar-refractivity contribution in [2.45, 2.75) is 38.6 Å². The highest BCUT2D eigenvalue weighted by Crippen LogP contribution is 2.22. The van der Waals surface area contributed by atoms with E-state index in [4.69, 9.17) is 0 Å². The molecule has 0 bridgehead atoms. The number of aliphatic hydroxyl groups is 1. The van der Waals surface area contributed by atoms with Crippen molar-refractivity contribution in [2.75, 3.05) is 32.0 Å². The van der Waals surface area contributed by atoms with E-state index in [0.29, 0.717) is 38.0 Å². The molecule has 2 aromatic rings. The highest BCUT2D eigenvalue weighted by atomic mass is 32.2. The minimum Gasteiger partial charge on any atom is -0.395 e. The van der Waals surface area contributed by atoms with Crippen molar-refractivity contribution in [1.29, 1.82) is 0 Å². The lowest BCUT2D eigenvalue weighted by Crippen LogP contribution is -2.50. The second kappa shape index (κ2) is 9.65. The predicted octanol–water partition coefficient (Wildman–Crippen LogP) is 2.26. The first-order valence-corrected chi connectivity index (χ1v) is 11.8. The SMILES string of the molecule is CCCCS(=O)(=O)N1CCC(N(CCO)C(=O)c2cc3ccccc3cn2)CC1. The fourth-order valence-corrected chi connectivity index (χ4v) is 5.47. The molecule has 1 aromatic heterocycles. The van der Waals surface area contributed by atoms with Crippen molar-refractivity contribution in [3.05, 3.63) is 42.2 Å². The fourth-order valence-electron chi connectivity index (χ4n) is 3.79. The number of carbonyl (C=O) groups excluding carboxylic acids is 1. The molecule has 158 valence electrons. The zero-order chi connectivity index (χ0) is 20.9. The van der Waals surface area contributed by atoms with Crippen LogP contribution in [-0.4, -0.2) is 71.7 Å². The summed E-state index contributed by atoms with van der Waals surface area (Å²) in [5.74, 6) is -0.0499. The van der Waals surface area contributed by atoms with Gasteiger partial charge in [-0.25, -0.2) is 12.7 Å². The molecule has 2 heterocycles. The lowest BCUT2D eigenvalue weighted by Gasteiger charge is -2.37. The Morgan fingerprint density at radius 1 is 1.24 bits per heavy atom. The van der Waals surface area contributed by atoms with Gasteiger partial charge in [-0.05, 0) is 30.7 Å². The van der Waals surface area contributed by atoms with E-state index in [1.165, 1.54) is 4.31 Å². The summed E-state index contributed by atoms with van der Waals surface area (Å²) in [6.07, 6.45) is 4.30. The molecule has 1 N–H and O–H groups in total. The second-order valence-corrected chi connectivity index (χ2v) is 9.53. The van der Waals surface area contributed by atoms with Crippen LogP contribution in [0.1, 0.15) is 43.1 Å². The number of aromatic nitrogens is 1.